The molecule has 0 aromatic heterocycles. The van der Waals surface area contributed by atoms with Gasteiger partial charge in [0.2, 0.25) is 5.91 Å². The van der Waals surface area contributed by atoms with Crippen LogP contribution in [0.3, 0.4) is 0 Å². The van der Waals surface area contributed by atoms with Gasteiger partial charge in [-0.05, 0) is 29.7 Å². The Labute approximate surface area is 185 Å². The summed E-state index contributed by atoms with van der Waals surface area (Å²) in [5.41, 5.74) is 1.90. The fraction of sp³-hybridized carbons (Fsp3) is 0.300. The maximum absolute atomic E-state index is 13.6. The first kappa shape index (κ1) is 24.7. The molecule has 0 aliphatic carbocycles. The van der Waals surface area contributed by atoms with Crippen LogP contribution in [0.4, 0.5) is 18.9 Å². The highest BCUT2D eigenvalue weighted by molar-refractivity contribution is 14.0. The van der Waals surface area contributed by atoms with Gasteiger partial charge in [-0.3, -0.25) is 9.79 Å². The minimum absolute atomic E-state index is 0. The van der Waals surface area contributed by atoms with Crippen LogP contribution in [-0.4, -0.2) is 37.4 Å². The third kappa shape index (κ3) is 6.91. The van der Waals surface area contributed by atoms with E-state index >= 15 is 0 Å². The summed E-state index contributed by atoms with van der Waals surface area (Å²) in [4.78, 5) is 17.9. The lowest BCUT2D eigenvalue weighted by Gasteiger charge is -2.22. The number of nitrogens with one attached hydrogen (secondary N) is 2. The number of carbonyl (C=O) groups is 1. The van der Waals surface area contributed by atoms with Gasteiger partial charge in [0.05, 0.1) is 12.2 Å². The molecule has 0 radical (unpaired) electrons. The van der Waals surface area contributed by atoms with Crippen LogP contribution in [0, 0.1) is 17.5 Å². The second-order valence-electron chi connectivity index (χ2n) is 6.20. The van der Waals surface area contributed by atoms with Crippen molar-refractivity contribution in [2.75, 3.05) is 26.0 Å². The Morgan fingerprint density at radius 3 is 2.24 bits per heavy atom. The molecule has 0 saturated carbocycles. The molecule has 0 fully saturated rings. The van der Waals surface area contributed by atoms with Gasteiger partial charge in [-0.1, -0.05) is 31.2 Å². The molecule has 1 amide bonds. The number of aryl methyl sites for hydroxylation is 1. The quantitative estimate of drug-likeness (QED) is 0.263. The molecule has 5 nitrogen and oxygen atoms in total. The first-order valence-electron chi connectivity index (χ1n) is 8.78. The summed E-state index contributed by atoms with van der Waals surface area (Å²) in [6.07, 6.45) is 0.965. The number of halogens is 4. The first-order chi connectivity index (χ1) is 13.3. The van der Waals surface area contributed by atoms with Crippen LogP contribution in [0.2, 0.25) is 0 Å². The van der Waals surface area contributed by atoms with E-state index in [1.165, 1.54) is 5.56 Å². The second kappa shape index (κ2) is 11.6. The molecular formula is C20H24F3IN4O. The van der Waals surface area contributed by atoms with E-state index in [9.17, 15) is 18.0 Å². The first-order valence-corrected chi connectivity index (χ1v) is 8.78. The number of nitrogens with zero attached hydrogens (tertiary/aromatic N) is 2. The molecule has 0 bridgehead atoms. The van der Waals surface area contributed by atoms with Crippen LogP contribution in [0.25, 0.3) is 0 Å². The van der Waals surface area contributed by atoms with Gasteiger partial charge in [-0.2, -0.15) is 0 Å². The number of carbonyl (C=O) groups excluding carboxylic acids is 1. The van der Waals surface area contributed by atoms with Crippen molar-refractivity contribution in [2.24, 2.45) is 4.99 Å². The molecule has 0 heterocycles. The molecule has 0 aliphatic rings. The van der Waals surface area contributed by atoms with E-state index in [2.05, 4.69) is 34.7 Å². The maximum Gasteiger partial charge on any atom is 0.243 e. The Kier molecular flexibility index (Phi) is 9.93. The Bertz CT molecular complexity index is 860. The average Bonchev–Trinajstić information content (AvgIpc) is 2.69. The Hall–Kier alpha value is -2.30. The number of amides is 1. The standard InChI is InChI=1S/C20H23F3N4O.HI/c1-4-13-5-7-14(8-6-13)12-27(3)20(24-2)25-11-17(28)26-16-10-9-15(21)18(22)19(16)23;/h5-10H,4,11-12H2,1-3H3,(H,24,25)(H,26,28);1H. The average molecular weight is 520 g/mol. The Morgan fingerprint density at radius 2 is 1.66 bits per heavy atom. The number of benzene rings is 2. The highest BCUT2D eigenvalue weighted by atomic mass is 127. The van der Waals surface area contributed by atoms with E-state index in [0.29, 0.717) is 12.5 Å². The van der Waals surface area contributed by atoms with Crippen molar-refractivity contribution in [1.82, 2.24) is 10.2 Å². The fourth-order valence-corrected chi connectivity index (χ4v) is 2.59. The third-order valence-electron chi connectivity index (χ3n) is 4.14. The third-order valence-corrected chi connectivity index (χ3v) is 4.14. The number of hydrogen-bond donors (Lipinski definition) is 2. The van der Waals surface area contributed by atoms with Gasteiger partial charge < -0.3 is 15.5 Å². The molecule has 2 aromatic carbocycles. The molecular weight excluding hydrogens is 496 g/mol. The van der Waals surface area contributed by atoms with Gasteiger partial charge in [-0.25, -0.2) is 13.2 Å². The van der Waals surface area contributed by atoms with Crippen molar-refractivity contribution in [3.05, 3.63) is 65.0 Å². The summed E-state index contributed by atoms with van der Waals surface area (Å²) in [7, 11) is 3.39. The predicted molar refractivity (Wildman–Crippen MR) is 119 cm³/mol. The number of anilines is 1. The zero-order valence-electron chi connectivity index (χ0n) is 16.4. The second-order valence-corrected chi connectivity index (χ2v) is 6.20. The van der Waals surface area contributed by atoms with Crippen molar-refractivity contribution >= 4 is 41.5 Å². The molecule has 9 heteroatoms. The lowest BCUT2D eigenvalue weighted by atomic mass is 10.1. The van der Waals surface area contributed by atoms with E-state index in [4.69, 9.17) is 0 Å². The van der Waals surface area contributed by atoms with Gasteiger partial charge in [0.15, 0.2) is 23.4 Å². The van der Waals surface area contributed by atoms with Crippen molar-refractivity contribution in [3.8, 4) is 0 Å². The summed E-state index contributed by atoms with van der Waals surface area (Å²) in [5, 5.41) is 5.05. The molecule has 0 unspecified atom stereocenters. The van der Waals surface area contributed by atoms with E-state index in [-0.39, 0.29) is 30.5 Å². The molecule has 0 saturated heterocycles. The van der Waals surface area contributed by atoms with Crippen LogP contribution in [0.1, 0.15) is 18.1 Å². The van der Waals surface area contributed by atoms with Gasteiger partial charge >= 0.3 is 0 Å². The molecule has 0 aliphatic heterocycles. The van der Waals surface area contributed by atoms with Gasteiger partial charge in [0.25, 0.3) is 0 Å². The smallest absolute Gasteiger partial charge is 0.243 e. The number of guanidine groups is 1. The number of aliphatic imine (C=N–C) groups is 1. The molecule has 0 atom stereocenters. The zero-order chi connectivity index (χ0) is 20.7. The lowest BCUT2D eigenvalue weighted by Crippen LogP contribution is -2.42. The molecule has 0 spiro atoms. The van der Waals surface area contributed by atoms with E-state index < -0.39 is 29.0 Å². The highest BCUT2D eigenvalue weighted by Crippen LogP contribution is 2.19. The SMILES string of the molecule is CCc1ccc(CN(C)C(=NC)NCC(=O)Nc2ccc(F)c(F)c2F)cc1.I. The number of hydrogen-bond acceptors (Lipinski definition) is 2. The van der Waals surface area contributed by atoms with Crippen LogP contribution in [0.5, 0.6) is 0 Å². The topological polar surface area (TPSA) is 56.7 Å². The molecule has 158 valence electrons. The van der Waals surface area contributed by atoms with Gasteiger partial charge in [0.1, 0.15) is 0 Å². The maximum atomic E-state index is 13.6. The van der Waals surface area contributed by atoms with E-state index in [1.807, 2.05) is 24.1 Å². The molecule has 2 N–H and O–H groups in total. The Balaban J connectivity index is 0.00000420. The van der Waals surface area contributed by atoms with Gasteiger partial charge in [0, 0.05) is 20.6 Å². The zero-order valence-corrected chi connectivity index (χ0v) is 18.8. The normalized spacial score (nSPS) is 10.9. The van der Waals surface area contributed by atoms with Crippen molar-refractivity contribution in [3.63, 3.8) is 0 Å². The summed E-state index contributed by atoms with van der Waals surface area (Å²) < 4.78 is 39.8. The summed E-state index contributed by atoms with van der Waals surface area (Å²) in [6.45, 7) is 2.44. The summed E-state index contributed by atoms with van der Waals surface area (Å²) in [5.74, 6) is -4.55. The number of rotatable bonds is 6. The monoisotopic (exact) mass is 520 g/mol. The lowest BCUT2D eigenvalue weighted by molar-refractivity contribution is -0.115. The largest absolute Gasteiger partial charge is 0.347 e. The van der Waals surface area contributed by atoms with Crippen molar-refractivity contribution < 1.29 is 18.0 Å². The van der Waals surface area contributed by atoms with Crippen LogP contribution in [-0.2, 0) is 17.8 Å². The van der Waals surface area contributed by atoms with Crippen LogP contribution >= 0.6 is 24.0 Å². The minimum Gasteiger partial charge on any atom is -0.347 e. The predicted octanol–water partition coefficient (Wildman–Crippen LogP) is 3.93. The van der Waals surface area contributed by atoms with E-state index in [0.717, 1.165) is 24.1 Å². The molecule has 2 rings (SSSR count). The molecule has 2 aromatic rings. The Morgan fingerprint density at radius 1 is 1.03 bits per heavy atom. The van der Waals surface area contributed by atoms with Crippen molar-refractivity contribution in [1.29, 1.82) is 0 Å². The highest BCUT2D eigenvalue weighted by Gasteiger charge is 2.16. The summed E-state index contributed by atoms with van der Waals surface area (Å²) in [6, 6.07) is 9.89. The fourth-order valence-electron chi connectivity index (χ4n) is 2.59. The van der Waals surface area contributed by atoms with Gasteiger partial charge in [-0.15, -0.1) is 24.0 Å². The summed E-state index contributed by atoms with van der Waals surface area (Å²) >= 11 is 0. The minimum atomic E-state index is -1.63. The van der Waals surface area contributed by atoms with Crippen LogP contribution in [0.15, 0.2) is 41.4 Å². The van der Waals surface area contributed by atoms with E-state index in [1.54, 1.807) is 7.05 Å². The van der Waals surface area contributed by atoms with Crippen LogP contribution < -0.4 is 10.6 Å². The van der Waals surface area contributed by atoms with Crippen molar-refractivity contribution in [2.45, 2.75) is 19.9 Å². The molecule has 29 heavy (non-hydrogen) atoms.